The fourth-order valence-electron chi connectivity index (χ4n) is 2.30. The van der Waals surface area contributed by atoms with Gasteiger partial charge >= 0.3 is 0 Å². The highest BCUT2D eigenvalue weighted by Gasteiger charge is 2.19. The van der Waals surface area contributed by atoms with Crippen molar-refractivity contribution < 1.29 is 9.59 Å². The number of amides is 1. The number of nitriles is 1. The zero-order chi connectivity index (χ0) is 17.4. The molecule has 1 N–H and O–H groups in total. The standard InChI is InChI=1S/C19H17ClN2O2/c20-15-9-11-16(12-10-15)22-19(24)8-4-7-18(23)17(13-21)14-5-2-1-3-6-14/h1-3,5-6,9-12,17H,4,7-8H2,(H,22,24)/t17-/m0/s1. The lowest BCUT2D eigenvalue weighted by Gasteiger charge is -2.08. The van der Waals surface area contributed by atoms with Gasteiger partial charge in [-0.1, -0.05) is 41.9 Å². The molecule has 5 heteroatoms. The first-order chi connectivity index (χ1) is 11.6. The predicted octanol–water partition coefficient (Wildman–Crippen LogP) is 4.33. The summed E-state index contributed by atoms with van der Waals surface area (Å²) in [5.74, 6) is -1.10. The normalized spacial score (nSPS) is 11.3. The highest BCUT2D eigenvalue weighted by molar-refractivity contribution is 6.30. The van der Waals surface area contributed by atoms with Gasteiger partial charge in [-0.25, -0.2) is 0 Å². The van der Waals surface area contributed by atoms with Gasteiger partial charge in [0.15, 0.2) is 5.78 Å². The summed E-state index contributed by atoms with van der Waals surface area (Å²) in [4.78, 5) is 24.1. The maximum absolute atomic E-state index is 12.2. The summed E-state index contributed by atoms with van der Waals surface area (Å²) in [6.07, 6.45) is 0.825. The Labute approximate surface area is 146 Å². The number of nitrogens with one attached hydrogen (secondary N) is 1. The van der Waals surface area contributed by atoms with Crippen molar-refractivity contribution in [2.24, 2.45) is 0 Å². The first-order valence-electron chi connectivity index (χ1n) is 7.63. The van der Waals surface area contributed by atoms with Crippen LogP contribution >= 0.6 is 11.6 Å². The minimum atomic E-state index is -0.773. The molecule has 0 saturated heterocycles. The third-order valence-corrected chi connectivity index (χ3v) is 3.79. The molecule has 1 amide bonds. The number of carbonyl (C=O) groups is 2. The molecule has 0 aliphatic rings. The Balaban J connectivity index is 1.80. The van der Waals surface area contributed by atoms with E-state index in [9.17, 15) is 14.9 Å². The van der Waals surface area contributed by atoms with E-state index in [0.717, 1.165) is 0 Å². The highest BCUT2D eigenvalue weighted by atomic mass is 35.5. The molecule has 0 radical (unpaired) electrons. The summed E-state index contributed by atoms with van der Waals surface area (Å²) in [6, 6.07) is 17.8. The van der Waals surface area contributed by atoms with Gasteiger partial charge in [-0.15, -0.1) is 0 Å². The zero-order valence-corrected chi connectivity index (χ0v) is 13.8. The molecule has 24 heavy (non-hydrogen) atoms. The Morgan fingerprint density at radius 2 is 1.71 bits per heavy atom. The lowest BCUT2D eigenvalue weighted by molar-refractivity contribution is -0.119. The van der Waals surface area contributed by atoms with Gasteiger partial charge in [-0.2, -0.15) is 5.26 Å². The van der Waals surface area contributed by atoms with Crippen molar-refractivity contribution in [1.29, 1.82) is 5.26 Å². The van der Waals surface area contributed by atoms with Crippen LogP contribution in [0.2, 0.25) is 5.02 Å². The fourth-order valence-corrected chi connectivity index (χ4v) is 2.43. The fraction of sp³-hybridized carbons (Fsp3) is 0.211. The molecule has 2 rings (SSSR count). The van der Waals surface area contributed by atoms with Crippen LogP contribution in [0.4, 0.5) is 5.69 Å². The summed E-state index contributed by atoms with van der Waals surface area (Å²) >= 11 is 5.78. The molecular formula is C19H17ClN2O2. The van der Waals surface area contributed by atoms with Crippen molar-refractivity contribution in [3.8, 4) is 6.07 Å². The molecule has 0 unspecified atom stereocenters. The van der Waals surface area contributed by atoms with Crippen molar-refractivity contribution in [1.82, 2.24) is 0 Å². The van der Waals surface area contributed by atoms with E-state index in [-0.39, 0.29) is 24.5 Å². The molecular weight excluding hydrogens is 324 g/mol. The molecule has 0 bridgehead atoms. The number of rotatable bonds is 7. The Kier molecular flexibility index (Phi) is 6.53. The van der Waals surface area contributed by atoms with Gasteiger partial charge in [0.25, 0.3) is 0 Å². The molecule has 0 fully saturated rings. The molecule has 0 aromatic heterocycles. The number of hydrogen-bond acceptors (Lipinski definition) is 3. The second-order valence-electron chi connectivity index (χ2n) is 5.35. The molecule has 2 aromatic rings. The zero-order valence-electron chi connectivity index (χ0n) is 13.0. The molecule has 0 spiro atoms. The van der Waals surface area contributed by atoms with E-state index in [1.165, 1.54) is 0 Å². The lowest BCUT2D eigenvalue weighted by Crippen LogP contribution is -2.14. The van der Waals surface area contributed by atoms with Crippen LogP contribution in [0.1, 0.15) is 30.7 Å². The molecule has 1 atom stereocenters. The first kappa shape index (κ1) is 17.7. The van der Waals surface area contributed by atoms with E-state index in [2.05, 4.69) is 5.32 Å². The Morgan fingerprint density at radius 3 is 2.33 bits per heavy atom. The van der Waals surface area contributed by atoms with Gasteiger partial charge in [-0.3, -0.25) is 9.59 Å². The smallest absolute Gasteiger partial charge is 0.224 e. The monoisotopic (exact) mass is 340 g/mol. The number of ketones is 1. The summed E-state index contributed by atoms with van der Waals surface area (Å²) < 4.78 is 0. The minimum absolute atomic E-state index is 0.164. The van der Waals surface area contributed by atoms with Gasteiger partial charge in [0.1, 0.15) is 5.92 Å². The number of benzene rings is 2. The molecule has 0 heterocycles. The van der Waals surface area contributed by atoms with Gasteiger partial charge in [0.2, 0.25) is 5.91 Å². The van der Waals surface area contributed by atoms with Crippen LogP contribution in [0.15, 0.2) is 54.6 Å². The first-order valence-corrected chi connectivity index (χ1v) is 8.00. The molecule has 2 aromatic carbocycles. The molecule has 0 saturated carbocycles. The minimum Gasteiger partial charge on any atom is -0.326 e. The number of carbonyl (C=O) groups excluding carboxylic acids is 2. The maximum Gasteiger partial charge on any atom is 0.224 e. The van der Waals surface area contributed by atoms with E-state index in [4.69, 9.17) is 11.6 Å². The van der Waals surface area contributed by atoms with Crippen molar-refractivity contribution in [2.45, 2.75) is 25.2 Å². The molecule has 122 valence electrons. The van der Waals surface area contributed by atoms with Crippen molar-refractivity contribution in [3.05, 3.63) is 65.2 Å². The second kappa shape index (κ2) is 8.85. The number of nitrogens with zero attached hydrogens (tertiary/aromatic N) is 1. The topological polar surface area (TPSA) is 70.0 Å². The van der Waals surface area contributed by atoms with Crippen LogP contribution in [-0.2, 0) is 9.59 Å². The van der Waals surface area contributed by atoms with Crippen LogP contribution in [0.3, 0.4) is 0 Å². The van der Waals surface area contributed by atoms with Crippen LogP contribution in [0, 0.1) is 11.3 Å². The maximum atomic E-state index is 12.2. The van der Waals surface area contributed by atoms with E-state index in [0.29, 0.717) is 22.7 Å². The number of hydrogen-bond donors (Lipinski definition) is 1. The SMILES string of the molecule is N#C[C@H](C(=O)CCCC(=O)Nc1ccc(Cl)cc1)c1ccccc1. The third kappa shape index (κ3) is 5.22. The number of halogens is 1. The van der Waals surface area contributed by atoms with Gasteiger partial charge in [-0.05, 0) is 36.2 Å². The van der Waals surface area contributed by atoms with Crippen LogP contribution in [-0.4, -0.2) is 11.7 Å². The van der Waals surface area contributed by atoms with Crippen LogP contribution < -0.4 is 5.32 Å². The van der Waals surface area contributed by atoms with Crippen LogP contribution in [0.5, 0.6) is 0 Å². The summed E-state index contributed by atoms with van der Waals surface area (Å²) in [5, 5.41) is 12.6. The third-order valence-electron chi connectivity index (χ3n) is 3.54. The summed E-state index contributed by atoms with van der Waals surface area (Å²) in [7, 11) is 0. The number of anilines is 1. The van der Waals surface area contributed by atoms with Crippen molar-refractivity contribution in [2.75, 3.05) is 5.32 Å². The molecule has 0 aliphatic carbocycles. The Morgan fingerprint density at radius 1 is 1.04 bits per heavy atom. The van der Waals surface area contributed by atoms with E-state index in [1.54, 1.807) is 48.5 Å². The largest absolute Gasteiger partial charge is 0.326 e. The average Bonchev–Trinajstić information content (AvgIpc) is 2.58. The predicted molar refractivity (Wildman–Crippen MR) is 93.7 cm³/mol. The average molecular weight is 341 g/mol. The molecule has 4 nitrogen and oxygen atoms in total. The van der Waals surface area contributed by atoms with Gasteiger partial charge < -0.3 is 5.32 Å². The highest BCUT2D eigenvalue weighted by Crippen LogP contribution is 2.19. The summed E-state index contributed by atoms with van der Waals surface area (Å²) in [6.45, 7) is 0. The molecule has 0 aliphatic heterocycles. The Bertz CT molecular complexity index is 736. The quantitative estimate of drug-likeness (QED) is 0.815. The van der Waals surface area contributed by atoms with Gasteiger partial charge in [0.05, 0.1) is 6.07 Å². The number of Topliss-reactive ketones (excluding diaryl/α,β-unsaturated/α-hetero) is 1. The van der Waals surface area contributed by atoms with Crippen LogP contribution in [0.25, 0.3) is 0 Å². The van der Waals surface area contributed by atoms with Crippen molar-refractivity contribution in [3.63, 3.8) is 0 Å². The van der Waals surface area contributed by atoms with Gasteiger partial charge in [0, 0.05) is 23.6 Å². The van der Waals surface area contributed by atoms with Crippen molar-refractivity contribution >= 4 is 29.0 Å². The van der Waals surface area contributed by atoms with E-state index >= 15 is 0 Å². The Hall–Kier alpha value is -2.64. The van der Waals surface area contributed by atoms with E-state index < -0.39 is 5.92 Å². The second-order valence-corrected chi connectivity index (χ2v) is 5.78. The summed E-state index contributed by atoms with van der Waals surface area (Å²) in [5.41, 5.74) is 1.35. The van der Waals surface area contributed by atoms with E-state index in [1.807, 2.05) is 12.1 Å². The lowest BCUT2D eigenvalue weighted by atomic mass is 9.93.